The summed E-state index contributed by atoms with van der Waals surface area (Å²) in [5, 5.41) is 0. The summed E-state index contributed by atoms with van der Waals surface area (Å²) in [6, 6.07) is 18.1. The number of nitrogens with zero attached hydrogens (tertiary/aromatic N) is 2. The molecule has 0 saturated heterocycles. The minimum absolute atomic E-state index is 0.00228. The van der Waals surface area contributed by atoms with E-state index in [2.05, 4.69) is 4.98 Å². The molecule has 0 aliphatic rings. The zero-order valence-electron chi connectivity index (χ0n) is 17.2. The average molecular weight is 454 g/mol. The second-order valence-corrected chi connectivity index (χ2v) is 7.35. The van der Waals surface area contributed by atoms with Crippen molar-refractivity contribution in [1.29, 1.82) is 0 Å². The van der Waals surface area contributed by atoms with Gasteiger partial charge in [0.1, 0.15) is 18.2 Å². The highest BCUT2D eigenvalue weighted by molar-refractivity contribution is 5.63. The molecule has 1 aromatic heterocycles. The van der Waals surface area contributed by atoms with Gasteiger partial charge in [-0.15, -0.1) is 0 Å². The molecule has 0 radical (unpaired) electrons. The van der Waals surface area contributed by atoms with Gasteiger partial charge in [-0.05, 0) is 35.4 Å². The van der Waals surface area contributed by atoms with Crippen molar-refractivity contribution in [2.75, 3.05) is 0 Å². The molecule has 0 saturated carbocycles. The molecule has 0 unspecified atom stereocenters. The van der Waals surface area contributed by atoms with E-state index in [1.807, 2.05) is 30.3 Å². The van der Waals surface area contributed by atoms with Gasteiger partial charge < -0.3 is 4.74 Å². The van der Waals surface area contributed by atoms with Crippen LogP contribution in [0.15, 0.2) is 90.1 Å². The number of alkyl halides is 3. The fraction of sp³-hybridized carbons (Fsp3) is 0.120. The van der Waals surface area contributed by atoms with E-state index in [9.17, 15) is 22.4 Å². The number of aromatic nitrogens is 2. The first-order valence-electron chi connectivity index (χ1n) is 9.98. The van der Waals surface area contributed by atoms with Crippen molar-refractivity contribution >= 4 is 0 Å². The fourth-order valence-electron chi connectivity index (χ4n) is 3.29. The van der Waals surface area contributed by atoms with Crippen molar-refractivity contribution in [2.24, 2.45) is 0 Å². The second-order valence-electron chi connectivity index (χ2n) is 7.35. The van der Waals surface area contributed by atoms with Crippen LogP contribution in [0, 0.1) is 5.82 Å². The standard InChI is InChI=1S/C25H18F4N2O2/c26-23-12-20(33-15-18-4-2-1-3-5-18)10-11-21(23)22-13-30-16-31(24(22)32)14-17-6-8-19(9-7-17)25(27,28)29/h1-13,16H,14-15H2. The van der Waals surface area contributed by atoms with E-state index < -0.39 is 23.1 Å². The maximum absolute atomic E-state index is 14.8. The van der Waals surface area contributed by atoms with Gasteiger partial charge >= 0.3 is 6.18 Å². The maximum Gasteiger partial charge on any atom is 0.416 e. The normalized spacial score (nSPS) is 11.4. The molecule has 3 aromatic carbocycles. The topological polar surface area (TPSA) is 44.1 Å². The molecule has 168 valence electrons. The molecular formula is C25H18F4N2O2. The minimum Gasteiger partial charge on any atom is -0.489 e. The van der Waals surface area contributed by atoms with E-state index in [-0.39, 0.29) is 24.3 Å². The predicted octanol–water partition coefficient (Wildman–Crippen LogP) is 5.70. The molecule has 0 N–H and O–H groups in total. The van der Waals surface area contributed by atoms with Crippen molar-refractivity contribution in [1.82, 2.24) is 9.55 Å². The Morgan fingerprint density at radius 3 is 2.27 bits per heavy atom. The smallest absolute Gasteiger partial charge is 0.416 e. The lowest BCUT2D eigenvalue weighted by Gasteiger charge is -2.11. The highest BCUT2D eigenvalue weighted by atomic mass is 19.4. The van der Waals surface area contributed by atoms with Gasteiger partial charge in [0.25, 0.3) is 5.56 Å². The Kier molecular flexibility index (Phi) is 6.26. The Hall–Kier alpha value is -3.94. The van der Waals surface area contributed by atoms with Crippen LogP contribution in [0.25, 0.3) is 11.1 Å². The molecule has 4 aromatic rings. The zero-order valence-corrected chi connectivity index (χ0v) is 17.2. The van der Waals surface area contributed by atoms with E-state index in [0.717, 1.165) is 17.7 Å². The number of benzene rings is 3. The number of hydrogen-bond donors (Lipinski definition) is 0. The summed E-state index contributed by atoms with van der Waals surface area (Å²) in [6.45, 7) is 0.268. The van der Waals surface area contributed by atoms with Crippen LogP contribution in [0.4, 0.5) is 17.6 Å². The van der Waals surface area contributed by atoms with Gasteiger partial charge in [-0.25, -0.2) is 9.37 Å². The van der Waals surface area contributed by atoms with Gasteiger partial charge in [0.15, 0.2) is 0 Å². The van der Waals surface area contributed by atoms with Gasteiger partial charge in [-0.2, -0.15) is 13.2 Å². The summed E-state index contributed by atoms with van der Waals surface area (Å²) in [7, 11) is 0. The summed E-state index contributed by atoms with van der Waals surface area (Å²) >= 11 is 0. The molecule has 0 fully saturated rings. The monoisotopic (exact) mass is 454 g/mol. The average Bonchev–Trinajstić information content (AvgIpc) is 2.80. The molecule has 1 heterocycles. The lowest BCUT2D eigenvalue weighted by molar-refractivity contribution is -0.137. The van der Waals surface area contributed by atoms with Crippen molar-refractivity contribution in [3.8, 4) is 16.9 Å². The highest BCUT2D eigenvalue weighted by Gasteiger charge is 2.29. The van der Waals surface area contributed by atoms with Crippen LogP contribution in [-0.2, 0) is 19.3 Å². The van der Waals surface area contributed by atoms with Crippen molar-refractivity contribution < 1.29 is 22.3 Å². The largest absolute Gasteiger partial charge is 0.489 e. The third-order valence-corrected chi connectivity index (χ3v) is 5.01. The van der Waals surface area contributed by atoms with Gasteiger partial charge in [0.2, 0.25) is 0 Å². The molecular weight excluding hydrogens is 436 g/mol. The summed E-state index contributed by atoms with van der Waals surface area (Å²) in [6.07, 6.45) is -1.92. The van der Waals surface area contributed by atoms with Gasteiger partial charge in [-0.3, -0.25) is 9.36 Å². The summed E-state index contributed by atoms with van der Waals surface area (Å²) < 4.78 is 59.9. The summed E-state index contributed by atoms with van der Waals surface area (Å²) in [4.78, 5) is 16.9. The number of hydrogen-bond acceptors (Lipinski definition) is 3. The zero-order chi connectivity index (χ0) is 23.4. The first-order valence-corrected chi connectivity index (χ1v) is 9.98. The van der Waals surface area contributed by atoms with Crippen LogP contribution in [0.1, 0.15) is 16.7 Å². The Balaban J connectivity index is 1.54. The maximum atomic E-state index is 14.8. The summed E-state index contributed by atoms with van der Waals surface area (Å²) in [5.41, 5.74) is 0.219. The van der Waals surface area contributed by atoms with E-state index in [0.29, 0.717) is 11.3 Å². The number of halogens is 4. The van der Waals surface area contributed by atoms with E-state index >= 15 is 0 Å². The predicted molar refractivity (Wildman–Crippen MR) is 115 cm³/mol. The van der Waals surface area contributed by atoms with Crippen LogP contribution in [-0.4, -0.2) is 9.55 Å². The van der Waals surface area contributed by atoms with Crippen LogP contribution >= 0.6 is 0 Å². The van der Waals surface area contributed by atoms with E-state index in [1.54, 1.807) is 6.07 Å². The molecule has 0 amide bonds. The first-order chi connectivity index (χ1) is 15.8. The van der Waals surface area contributed by atoms with Gasteiger partial charge in [0, 0.05) is 17.8 Å². The highest BCUT2D eigenvalue weighted by Crippen LogP contribution is 2.29. The first kappa shape index (κ1) is 22.3. The molecule has 4 nitrogen and oxygen atoms in total. The van der Waals surface area contributed by atoms with Crippen molar-refractivity contribution in [3.05, 3.63) is 118 Å². The van der Waals surface area contributed by atoms with E-state index in [1.165, 1.54) is 41.4 Å². The third-order valence-electron chi connectivity index (χ3n) is 5.01. The van der Waals surface area contributed by atoms with E-state index in [4.69, 9.17) is 4.74 Å². The minimum atomic E-state index is -4.44. The molecule has 0 atom stereocenters. The molecule has 0 aliphatic carbocycles. The van der Waals surface area contributed by atoms with Crippen molar-refractivity contribution in [3.63, 3.8) is 0 Å². The Morgan fingerprint density at radius 1 is 0.879 bits per heavy atom. The van der Waals surface area contributed by atoms with Crippen LogP contribution in [0.2, 0.25) is 0 Å². The lowest BCUT2D eigenvalue weighted by atomic mass is 10.1. The van der Waals surface area contributed by atoms with Gasteiger partial charge in [-0.1, -0.05) is 42.5 Å². The van der Waals surface area contributed by atoms with Crippen LogP contribution < -0.4 is 10.3 Å². The van der Waals surface area contributed by atoms with Gasteiger partial charge in [0.05, 0.1) is 24.0 Å². The second kappa shape index (κ2) is 9.28. The Labute approximate surface area is 186 Å². The Bertz CT molecular complexity index is 1300. The number of ether oxygens (including phenoxy) is 1. The van der Waals surface area contributed by atoms with Crippen LogP contribution in [0.5, 0.6) is 5.75 Å². The fourth-order valence-corrected chi connectivity index (χ4v) is 3.29. The summed E-state index contributed by atoms with van der Waals surface area (Å²) in [5.74, 6) is -0.333. The molecule has 0 spiro atoms. The lowest BCUT2D eigenvalue weighted by Crippen LogP contribution is -2.22. The molecule has 8 heteroatoms. The van der Waals surface area contributed by atoms with Crippen molar-refractivity contribution in [2.45, 2.75) is 19.3 Å². The molecule has 33 heavy (non-hydrogen) atoms. The SMILES string of the molecule is O=c1c(-c2ccc(OCc3ccccc3)cc2F)cncn1Cc1ccc(C(F)(F)F)cc1. The molecule has 0 aliphatic heterocycles. The Morgan fingerprint density at radius 2 is 1.61 bits per heavy atom. The molecule has 4 rings (SSSR count). The van der Waals surface area contributed by atoms with Crippen LogP contribution in [0.3, 0.4) is 0 Å². The third kappa shape index (κ3) is 5.28. The quantitative estimate of drug-likeness (QED) is 0.351. The number of rotatable bonds is 6. The molecule has 0 bridgehead atoms.